The second-order valence-electron chi connectivity index (χ2n) is 3.18. The lowest BCUT2D eigenvalue weighted by molar-refractivity contribution is 0.155. The summed E-state index contributed by atoms with van der Waals surface area (Å²) in [5.41, 5.74) is 0. The average molecular weight is 544 g/mol. The van der Waals surface area contributed by atoms with Gasteiger partial charge in [0, 0.05) is 9.99 Å². The topological polar surface area (TPSA) is 29.5 Å². The summed E-state index contributed by atoms with van der Waals surface area (Å²) in [5.74, 6) is 0.928. The van der Waals surface area contributed by atoms with Crippen LogP contribution in [0.5, 0.6) is 5.75 Å². The predicted molar refractivity (Wildman–Crippen MR) is 86.4 cm³/mol. The van der Waals surface area contributed by atoms with E-state index in [9.17, 15) is 0 Å². The Bertz CT molecular complexity index is 316. The molecule has 1 rings (SSSR count). The molecule has 0 radical (unpaired) electrons. The van der Waals surface area contributed by atoms with E-state index in [2.05, 4.69) is 79.9 Å². The summed E-state index contributed by atoms with van der Waals surface area (Å²) < 4.78 is 9.11. The minimum atomic E-state index is -0.302. The van der Waals surface area contributed by atoms with Gasteiger partial charge in [-0.3, -0.25) is 0 Å². The van der Waals surface area contributed by atoms with Gasteiger partial charge in [-0.25, -0.2) is 0 Å². The van der Waals surface area contributed by atoms with Gasteiger partial charge in [-0.05, 0) is 86.8 Å². The highest BCUT2D eigenvalue weighted by molar-refractivity contribution is 14.1. The van der Waals surface area contributed by atoms with Crippen LogP contribution in [0, 0.1) is 10.7 Å². The van der Waals surface area contributed by atoms with Crippen molar-refractivity contribution in [1.82, 2.24) is 0 Å². The molecule has 1 aromatic carbocycles. The molecule has 0 aliphatic heterocycles. The standard InChI is InChI=1S/C10H11I3O2/c1-6(14)2-3-15-10-8(12)4-7(11)5-9(10)13/h4-6,14H,2-3H2,1H3. The van der Waals surface area contributed by atoms with Gasteiger partial charge in [0.15, 0.2) is 0 Å². The minimum Gasteiger partial charge on any atom is -0.491 e. The molecule has 0 saturated carbocycles. The monoisotopic (exact) mass is 544 g/mol. The molecular weight excluding hydrogens is 533 g/mol. The Kier molecular flexibility index (Phi) is 6.45. The smallest absolute Gasteiger partial charge is 0.145 e. The van der Waals surface area contributed by atoms with E-state index in [1.807, 2.05) is 0 Å². The molecule has 84 valence electrons. The van der Waals surface area contributed by atoms with Crippen LogP contribution in [0.4, 0.5) is 0 Å². The first-order chi connectivity index (χ1) is 7.00. The van der Waals surface area contributed by atoms with Crippen molar-refractivity contribution >= 4 is 67.8 Å². The fourth-order valence-corrected chi connectivity index (χ4v) is 4.89. The van der Waals surface area contributed by atoms with Gasteiger partial charge in [-0.15, -0.1) is 0 Å². The number of rotatable bonds is 4. The van der Waals surface area contributed by atoms with Gasteiger partial charge >= 0.3 is 0 Å². The van der Waals surface area contributed by atoms with Crippen molar-refractivity contribution in [2.45, 2.75) is 19.4 Å². The zero-order valence-electron chi connectivity index (χ0n) is 8.14. The first-order valence-electron chi connectivity index (χ1n) is 4.46. The summed E-state index contributed by atoms with van der Waals surface area (Å²) in [6, 6.07) is 4.17. The number of benzene rings is 1. The largest absolute Gasteiger partial charge is 0.491 e. The van der Waals surface area contributed by atoms with Crippen LogP contribution in [-0.4, -0.2) is 17.8 Å². The summed E-state index contributed by atoms with van der Waals surface area (Å²) >= 11 is 6.83. The Labute approximate surface area is 131 Å². The lowest BCUT2D eigenvalue weighted by atomic mass is 10.3. The summed E-state index contributed by atoms with van der Waals surface area (Å²) in [4.78, 5) is 0. The average Bonchev–Trinajstić information content (AvgIpc) is 2.08. The minimum absolute atomic E-state index is 0.302. The van der Waals surface area contributed by atoms with Crippen LogP contribution in [0.25, 0.3) is 0 Å². The van der Waals surface area contributed by atoms with Crippen molar-refractivity contribution in [3.63, 3.8) is 0 Å². The number of halogens is 3. The Hall–Kier alpha value is 1.17. The molecule has 5 heteroatoms. The van der Waals surface area contributed by atoms with Gasteiger partial charge < -0.3 is 9.84 Å². The van der Waals surface area contributed by atoms with Crippen molar-refractivity contribution in [3.8, 4) is 5.75 Å². The molecule has 1 atom stereocenters. The maximum Gasteiger partial charge on any atom is 0.145 e. The van der Waals surface area contributed by atoms with E-state index in [0.29, 0.717) is 13.0 Å². The van der Waals surface area contributed by atoms with E-state index < -0.39 is 0 Å². The van der Waals surface area contributed by atoms with Crippen molar-refractivity contribution in [3.05, 3.63) is 22.8 Å². The lowest BCUT2D eigenvalue weighted by Crippen LogP contribution is -2.08. The highest BCUT2D eigenvalue weighted by Gasteiger charge is 2.08. The molecule has 0 aliphatic rings. The SMILES string of the molecule is CC(O)CCOc1c(I)cc(I)cc1I. The normalized spacial score (nSPS) is 12.6. The highest BCUT2D eigenvalue weighted by atomic mass is 127. The molecule has 0 heterocycles. The van der Waals surface area contributed by atoms with Crippen LogP contribution in [0.15, 0.2) is 12.1 Å². The quantitative estimate of drug-likeness (QED) is 0.588. The van der Waals surface area contributed by atoms with Crippen LogP contribution in [-0.2, 0) is 0 Å². The third-order valence-corrected chi connectivity index (χ3v) is 3.97. The molecule has 15 heavy (non-hydrogen) atoms. The number of aliphatic hydroxyl groups is 1. The van der Waals surface area contributed by atoms with Crippen LogP contribution < -0.4 is 4.74 Å². The van der Waals surface area contributed by atoms with Crippen LogP contribution in [0.2, 0.25) is 0 Å². The van der Waals surface area contributed by atoms with Crippen molar-refractivity contribution in [1.29, 1.82) is 0 Å². The van der Waals surface area contributed by atoms with Crippen molar-refractivity contribution < 1.29 is 9.84 Å². The molecular formula is C10H11I3O2. The first kappa shape index (κ1) is 14.2. The van der Waals surface area contributed by atoms with Gasteiger partial charge in [0.25, 0.3) is 0 Å². The fourth-order valence-electron chi connectivity index (χ4n) is 0.998. The number of ether oxygens (including phenoxy) is 1. The Balaban J connectivity index is 2.68. The van der Waals surface area contributed by atoms with E-state index in [1.165, 1.54) is 3.57 Å². The molecule has 0 amide bonds. The molecule has 1 unspecified atom stereocenters. The second kappa shape index (κ2) is 6.80. The van der Waals surface area contributed by atoms with Crippen LogP contribution >= 0.6 is 67.8 Å². The van der Waals surface area contributed by atoms with E-state index >= 15 is 0 Å². The zero-order valence-corrected chi connectivity index (χ0v) is 14.6. The molecule has 0 bridgehead atoms. The molecule has 0 fully saturated rings. The third-order valence-electron chi connectivity index (χ3n) is 1.75. The van der Waals surface area contributed by atoms with Crippen molar-refractivity contribution in [2.24, 2.45) is 0 Å². The number of hydrogen-bond donors (Lipinski definition) is 1. The molecule has 0 aliphatic carbocycles. The number of hydrogen-bond acceptors (Lipinski definition) is 2. The summed E-state index contributed by atoms with van der Waals surface area (Å²) in [6.07, 6.45) is 0.363. The maximum atomic E-state index is 9.13. The molecule has 1 N–H and O–H groups in total. The van der Waals surface area contributed by atoms with Crippen molar-refractivity contribution in [2.75, 3.05) is 6.61 Å². The molecule has 0 aromatic heterocycles. The van der Waals surface area contributed by atoms with Crippen LogP contribution in [0.3, 0.4) is 0 Å². The Morgan fingerprint density at radius 1 is 1.27 bits per heavy atom. The maximum absolute atomic E-state index is 9.13. The van der Waals surface area contributed by atoms with Gasteiger partial charge in [-0.1, -0.05) is 0 Å². The Morgan fingerprint density at radius 3 is 2.27 bits per heavy atom. The molecule has 0 saturated heterocycles. The lowest BCUT2D eigenvalue weighted by Gasteiger charge is -2.11. The molecule has 0 spiro atoms. The van der Waals surface area contributed by atoms with Crippen LogP contribution in [0.1, 0.15) is 13.3 Å². The summed E-state index contributed by atoms with van der Waals surface area (Å²) in [5, 5.41) is 9.13. The number of aliphatic hydroxyl groups excluding tert-OH is 1. The third kappa shape index (κ3) is 4.90. The van der Waals surface area contributed by atoms with E-state index in [0.717, 1.165) is 12.9 Å². The van der Waals surface area contributed by atoms with E-state index in [1.54, 1.807) is 6.92 Å². The van der Waals surface area contributed by atoms with Gasteiger partial charge in [0.2, 0.25) is 0 Å². The van der Waals surface area contributed by atoms with E-state index in [-0.39, 0.29) is 6.10 Å². The van der Waals surface area contributed by atoms with Gasteiger partial charge in [0.05, 0.1) is 19.9 Å². The first-order valence-corrected chi connectivity index (χ1v) is 7.69. The predicted octanol–water partition coefficient (Wildman–Crippen LogP) is 3.65. The van der Waals surface area contributed by atoms with Gasteiger partial charge in [0.1, 0.15) is 5.75 Å². The highest BCUT2D eigenvalue weighted by Crippen LogP contribution is 2.29. The molecule has 1 aromatic rings. The van der Waals surface area contributed by atoms with Gasteiger partial charge in [-0.2, -0.15) is 0 Å². The second-order valence-corrected chi connectivity index (χ2v) is 6.75. The fraction of sp³-hybridized carbons (Fsp3) is 0.400. The van der Waals surface area contributed by atoms with E-state index in [4.69, 9.17) is 9.84 Å². The Morgan fingerprint density at radius 2 is 1.80 bits per heavy atom. The molecule has 2 nitrogen and oxygen atoms in total. The summed E-state index contributed by atoms with van der Waals surface area (Å²) in [6.45, 7) is 2.33. The summed E-state index contributed by atoms with van der Waals surface area (Å²) in [7, 11) is 0. The zero-order chi connectivity index (χ0) is 11.4.